The number of carbonyl (C=O) groups excluding carboxylic acids is 1. The van der Waals surface area contributed by atoms with Gasteiger partial charge in [-0.1, -0.05) is 27.7 Å². The van der Waals surface area contributed by atoms with Gasteiger partial charge in [0.15, 0.2) is 5.41 Å². The standard InChI is InChI=1S/C17H25N3O2/c1-6-16(7-2)12(8-13(16)22-5)20-14(21)17(10-19)11(9-18)15(17,3)4/h11-13H,6-8H2,1-5H3,(H,20,21). The summed E-state index contributed by atoms with van der Waals surface area (Å²) < 4.78 is 5.54. The van der Waals surface area contributed by atoms with Crippen LogP contribution in [0.4, 0.5) is 0 Å². The molecule has 4 unspecified atom stereocenters. The SMILES string of the molecule is CCC1(CC)C(NC(=O)C2(C#N)C(C#N)C2(C)C)CC1OC. The number of ether oxygens (including phenoxy) is 1. The molecule has 2 saturated carbocycles. The van der Waals surface area contributed by atoms with E-state index in [1.165, 1.54) is 0 Å². The van der Waals surface area contributed by atoms with E-state index in [0.717, 1.165) is 19.3 Å². The summed E-state index contributed by atoms with van der Waals surface area (Å²) in [6, 6.07) is 4.26. The van der Waals surface area contributed by atoms with Crippen LogP contribution in [0.15, 0.2) is 0 Å². The third-order valence-electron chi connectivity index (χ3n) is 6.44. The fourth-order valence-electron chi connectivity index (χ4n) is 4.46. The Morgan fingerprint density at radius 3 is 2.27 bits per heavy atom. The van der Waals surface area contributed by atoms with Crippen LogP contribution in [0.25, 0.3) is 0 Å². The largest absolute Gasteiger partial charge is 0.381 e. The number of nitrogens with one attached hydrogen (secondary N) is 1. The lowest BCUT2D eigenvalue weighted by molar-refractivity contribution is -0.144. The molecule has 0 aromatic heterocycles. The van der Waals surface area contributed by atoms with Gasteiger partial charge in [-0.2, -0.15) is 10.5 Å². The number of carbonyl (C=O) groups is 1. The van der Waals surface area contributed by atoms with Crippen molar-refractivity contribution in [1.29, 1.82) is 10.5 Å². The van der Waals surface area contributed by atoms with Crippen molar-refractivity contribution >= 4 is 5.91 Å². The molecule has 120 valence electrons. The Bertz CT molecular complexity index is 553. The van der Waals surface area contributed by atoms with Crippen LogP contribution in [0.5, 0.6) is 0 Å². The minimum absolute atomic E-state index is 0.0147. The minimum atomic E-state index is -1.22. The molecule has 4 atom stereocenters. The molecule has 5 nitrogen and oxygen atoms in total. The summed E-state index contributed by atoms with van der Waals surface area (Å²) in [5, 5.41) is 21.8. The Hall–Kier alpha value is -1.59. The summed E-state index contributed by atoms with van der Waals surface area (Å²) in [7, 11) is 1.70. The molecule has 0 radical (unpaired) electrons. The minimum Gasteiger partial charge on any atom is -0.381 e. The quantitative estimate of drug-likeness (QED) is 0.845. The van der Waals surface area contributed by atoms with Crippen LogP contribution in [0.2, 0.25) is 0 Å². The number of methoxy groups -OCH3 is 1. The average molecular weight is 303 g/mol. The Morgan fingerprint density at radius 1 is 1.32 bits per heavy atom. The molecule has 0 saturated heterocycles. The molecule has 1 amide bonds. The molecular formula is C17H25N3O2. The molecular weight excluding hydrogens is 278 g/mol. The highest BCUT2D eigenvalue weighted by molar-refractivity contribution is 5.92. The van der Waals surface area contributed by atoms with E-state index < -0.39 is 16.7 Å². The summed E-state index contributed by atoms with van der Waals surface area (Å²) in [4.78, 5) is 12.7. The second-order valence-electron chi connectivity index (χ2n) is 7.13. The van der Waals surface area contributed by atoms with E-state index in [-0.39, 0.29) is 23.5 Å². The van der Waals surface area contributed by atoms with Gasteiger partial charge in [0.05, 0.1) is 24.2 Å². The van der Waals surface area contributed by atoms with E-state index >= 15 is 0 Å². The third-order valence-corrected chi connectivity index (χ3v) is 6.44. The number of nitriles is 2. The second-order valence-corrected chi connectivity index (χ2v) is 7.13. The highest BCUT2D eigenvalue weighted by atomic mass is 16.5. The van der Waals surface area contributed by atoms with Crippen LogP contribution in [0.1, 0.15) is 47.0 Å². The highest BCUT2D eigenvalue weighted by Gasteiger charge is 2.78. The van der Waals surface area contributed by atoms with Gasteiger partial charge in [-0.15, -0.1) is 0 Å². The fourth-order valence-corrected chi connectivity index (χ4v) is 4.46. The van der Waals surface area contributed by atoms with E-state index in [0.29, 0.717) is 0 Å². The average Bonchev–Trinajstić information content (AvgIpc) is 2.99. The summed E-state index contributed by atoms with van der Waals surface area (Å²) in [5.74, 6) is -0.835. The number of amides is 1. The monoisotopic (exact) mass is 303 g/mol. The van der Waals surface area contributed by atoms with Crippen molar-refractivity contribution in [1.82, 2.24) is 5.32 Å². The second kappa shape index (κ2) is 5.25. The summed E-state index contributed by atoms with van der Waals surface area (Å²) in [6.45, 7) is 7.84. The van der Waals surface area contributed by atoms with E-state index in [2.05, 4.69) is 31.3 Å². The maximum atomic E-state index is 12.7. The van der Waals surface area contributed by atoms with Gasteiger partial charge in [0.2, 0.25) is 5.91 Å². The summed E-state index contributed by atoms with van der Waals surface area (Å²) in [6.07, 6.45) is 2.74. The van der Waals surface area contributed by atoms with Crippen molar-refractivity contribution in [3.05, 3.63) is 0 Å². The predicted molar refractivity (Wildman–Crippen MR) is 81.3 cm³/mol. The maximum absolute atomic E-state index is 12.7. The van der Waals surface area contributed by atoms with Crippen molar-refractivity contribution in [2.75, 3.05) is 7.11 Å². The van der Waals surface area contributed by atoms with E-state index in [9.17, 15) is 15.3 Å². The van der Waals surface area contributed by atoms with Crippen LogP contribution < -0.4 is 5.32 Å². The first kappa shape index (κ1) is 16.8. The molecule has 2 aliphatic rings. The van der Waals surface area contributed by atoms with Crippen LogP contribution in [0, 0.1) is 44.8 Å². The molecule has 5 heteroatoms. The van der Waals surface area contributed by atoms with E-state index in [4.69, 9.17) is 4.74 Å². The van der Waals surface area contributed by atoms with Crippen molar-refractivity contribution in [2.45, 2.75) is 59.1 Å². The number of hydrogen-bond donors (Lipinski definition) is 1. The maximum Gasteiger partial charge on any atom is 0.242 e. The van der Waals surface area contributed by atoms with Gasteiger partial charge in [0.25, 0.3) is 0 Å². The molecule has 2 fully saturated rings. The molecule has 1 N–H and O–H groups in total. The molecule has 22 heavy (non-hydrogen) atoms. The van der Waals surface area contributed by atoms with Gasteiger partial charge in [0.1, 0.15) is 0 Å². The molecule has 0 aromatic carbocycles. The van der Waals surface area contributed by atoms with E-state index in [1.807, 2.05) is 13.8 Å². The zero-order valence-corrected chi connectivity index (χ0v) is 14.1. The molecule has 0 heterocycles. The van der Waals surface area contributed by atoms with Crippen molar-refractivity contribution in [2.24, 2.45) is 22.2 Å². The highest BCUT2D eigenvalue weighted by Crippen LogP contribution is 2.68. The van der Waals surface area contributed by atoms with Gasteiger partial charge in [-0.3, -0.25) is 4.79 Å². The Balaban J connectivity index is 2.18. The Morgan fingerprint density at radius 2 is 1.91 bits per heavy atom. The topological polar surface area (TPSA) is 85.9 Å². The van der Waals surface area contributed by atoms with Crippen LogP contribution in [-0.4, -0.2) is 25.2 Å². The van der Waals surface area contributed by atoms with Gasteiger partial charge >= 0.3 is 0 Å². The predicted octanol–water partition coefficient (Wildman–Crippen LogP) is 2.39. The fraction of sp³-hybridized carbons (Fsp3) is 0.824. The first-order valence-corrected chi connectivity index (χ1v) is 7.97. The van der Waals surface area contributed by atoms with Crippen LogP contribution in [-0.2, 0) is 9.53 Å². The Labute approximate surface area is 132 Å². The first-order chi connectivity index (χ1) is 10.3. The molecule has 2 rings (SSSR count). The molecule has 0 bridgehead atoms. The molecule has 0 aromatic rings. The zero-order valence-electron chi connectivity index (χ0n) is 14.1. The lowest BCUT2D eigenvalue weighted by Gasteiger charge is -2.55. The van der Waals surface area contributed by atoms with Crippen molar-refractivity contribution < 1.29 is 9.53 Å². The van der Waals surface area contributed by atoms with E-state index in [1.54, 1.807) is 7.11 Å². The molecule has 2 aliphatic carbocycles. The molecule has 0 aliphatic heterocycles. The summed E-state index contributed by atoms with van der Waals surface area (Å²) in [5.41, 5.74) is -1.87. The van der Waals surface area contributed by atoms with Gasteiger partial charge in [-0.05, 0) is 19.3 Å². The smallest absolute Gasteiger partial charge is 0.242 e. The zero-order chi connectivity index (χ0) is 16.8. The number of hydrogen-bond acceptors (Lipinski definition) is 4. The molecule has 0 spiro atoms. The van der Waals surface area contributed by atoms with Gasteiger partial charge in [0, 0.05) is 24.0 Å². The lowest BCUT2D eigenvalue weighted by atomic mass is 9.58. The van der Waals surface area contributed by atoms with Crippen molar-refractivity contribution in [3.63, 3.8) is 0 Å². The third kappa shape index (κ3) is 1.75. The number of rotatable bonds is 5. The van der Waals surface area contributed by atoms with Gasteiger partial charge in [-0.25, -0.2) is 0 Å². The Kier molecular flexibility index (Phi) is 4.00. The summed E-state index contributed by atoms with van der Waals surface area (Å²) >= 11 is 0. The number of nitrogens with zero attached hydrogens (tertiary/aromatic N) is 2. The lowest BCUT2D eigenvalue weighted by Crippen LogP contribution is -2.65. The van der Waals surface area contributed by atoms with Gasteiger partial charge < -0.3 is 10.1 Å². The first-order valence-electron chi connectivity index (χ1n) is 7.97. The van der Waals surface area contributed by atoms with Crippen LogP contribution >= 0.6 is 0 Å². The van der Waals surface area contributed by atoms with Crippen molar-refractivity contribution in [3.8, 4) is 12.1 Å². The van der Waals surface area contributed by atoms with Crippen LogP contribution in [0.3, 0.4) is 0 Å². The normalized spacial score (nSPS) is 37.3.